The SMILES string of the molecule is CCCNC(CC1CCOCC1)c1cc(CC)nn1CC. The maximum atomic E-state index is 5.50. The van der Waals surface area contributed by atoms with Gasteiger partial charge in [0.05, 0.1) is 11.4 Å². The number of hydrogen-bond acceptors (Lipinski definition) is 3. The first-order valence-electron chi connectivity index (χ1n) is 8.66. The molecule has 1 saturated heterocycles. The molecular formula is C17H31N3O. The first-order valence-corrected chi connectivity index (χ1v) is 8.66. The van der Waals surface area contributed by atoms with E-state index >= 15 is 0 Å². The summed E-state index contributed by atoms with van der Waals surface area (Å²) in [5, 5.41) is 8.46. The Balaban J connectivity index is 2.11. The molecule has 0 aliphatic carbocycles. The van der Waals surface area contributed by atoms with Crippen LogP contribution in [0.3, 0.4) is 0 Å². The maximum Gasteiger partial charge on any atom is 0.0625 e. The largest absolute Gasteiger partial charge is 0.381 e. The summed E-state index contributed by atoms with van der Waals surface area (Å²) < 4.78 is 7.68. The molecule has 0 amide bonds. The number of rotatable bonds is 8. The summed E-state index contributed by atoms with van der Waals surface area (Å²) in [6, 6.07) is 2.73. The van der Waals surface area contributed by atoms with Gasteiger partial charge < -0.3 is 10.1 Å². The Morgan fingerprint density at radius 3 is 2.71 bits per heavy atom. The van der Waals surface area contributed by atoms with Gasteiger partial charge >= 0.3 is 0 Å². The van der Waals surface area contributed by atoms with E-state index < -0.39 is 0 Å². The molecular weight excluding hydrogens is 262 g/mol. The summed E-state index contributed by atoms with van der Waals surface area (Å²) in [6.07, 6.45) is 5.79. The van der Waals surface area contributed by atoms with E-state index in [2.05, 4.69) is 36.8 Å². The fraction of sp³-hybridized carbons (Fsp3) is 0.824. The van der Waals surface area contributed by atoms with Crippen LogP contribution >= 0.6 is 0 Å². The van der Waals surface area contributed by atoms with Crippen molar-refractivity contribution in [3.63, 3.8) is 0 Å². The summed E-state index contributed by atoms with van der Waals surface area (Å²) in [5.74, 6) is 0.776. The number of nitrogens with zero attached hydrogens (tertiary/aromatic N) is 2. The molecule has 4 nitrogen and oxygen atoms in total. The minimum Gasteiger partial charge on any atom is -0.381 e. The molecule has 1 aromatic heterocycles. The van der Waals surface area contributed by atoms with Crippen LogP contribution in [0.1, 0.15) is 63.9 Å². The van der Waals surface area contributed by atoms with Gasteiger partial charge in [-0.15, -0.1) is 0 Å². The summed E-state index contributed by atoms with van der Waals surface area (Å²) in [5.41, 5.74) is 2.58. The first kappa shape index (κ1) is 16.5. The second-order valence-electron chi connectivity index (χ2n) is 6.03. The molecule has 120 valence electrons. The smallest absolute Gasteiger partial charge is 0.0625 e. The van der Waals surface area contributed by atoms with E-state index in [0.29, 0.717) is 6.04 Å². The van der Waals surface area contributed by atoms with Gasteiger partial charge in [-0.3, -0.25) is 4.68 Å². The molecule has 1 unspecified atom stereocenters. The quantitative estimate of drug-likeness (QED) is 0.799. The molecule has 4 heteroatoms. The van der Waals surface area contributed by atoms with Crippen molar-refractivity contribution in [2.75, 3.05) is 19.8 Å². The molecule has 0 saturated carbocycles. The molecule has 1 atom stereocenters. The molecule has 2 heterocycles. The number of aromatic nitrogens is 2. The van der Waals surface area contributed by atoms with Gasteiger partial charge in [-0.1, -0.05) is 13.8 Å². The molecule has 21 heavy (non-hydrogen) atoms. The lowest BCUT2D eigenvalue weighted by atomic mass is 9.91. The van der Waals surface area contributed by atoms with Crippen molar-refractivity contribution >= 4 is 0 Å². The van der Waals surface area contributed by atoms with E-state index in [0.717, 1.165) is 38.6 Å². The van der Waals surface area contributed by atoms with E-state index in [1.807, 2.05) is 0 Å². The molecule has 1 N–H and O–H groups in total. The van der Waals surface area contributed by atoms with Crippen molar-refractivity contribution in [3.05, 3.63) is 17.5 Å². The van der Waals surface area contributed by atoms with Crippen LogP contribution in [0.25, 0.3) is 0 Å². The standard InChI is InChI=1S/C17H31N3O/c1-4-9-18-16(12-14-7-10-21-11-8-14)17-13-15(5-2)19-20(17)6-3/h13-14,16,18H,4-12H2,1-3H3. The second kappa shape index (κ2) is 8.54. The molecule has 1 aliphatic rings. The Morgan fingerprint density at radius 1 is 1.33 bits per heavy atom. The van der Waals surface area contributed by atoms with Gasteiger partial charge in [0.1, 0.15) is 0 Å². The van der Waals surface area contributed by atoms with Gasteiger partial charge in [-0.05, 0) is 57.6 Å². The van der Waals surface area contributed by atoms with Crippen molar-refractivity contribution in [1.29, 1.82) is 0 Å². The lowest BCUT2D eigenvalue weighted by Crippen LogP contribution is -2.28. The van der Waals surface area contributed by atoms with Crippen LogP contribution in [0.4, 0.5) is 0 Å². The van der Waals surface area contributed by atoms with E-state index in [1.54, 1.807) is 0 Å². The van der Waals surface area contributed by atoms with Crippen molar-refractivity contribution in [1.82, 2.24) is 15.1 Å². The predicted molar refractivity (Wildman–Crippen MR) is 86.5 cm³/mol. The topological polar surface area (TPSA) is 39.1 Å². The number of aryl methyl sites for hydroxylation is 2. The molecule has 1 aliphatic heterocycles. The van der Waals surface area contributed by atoms with Crippen LogP contribution in [0.15, 0.2) is 6.07 Å². The third kappa shape index (κ3) is 4.55. The molecule has 0 radical (unpaired) electrons. The summed E-state index contributed by atoms with van der Waals surface area (Å²) in [6.45, 7) is 10.5. The zero-order chi connectivity index (χ0) is 15.1. The predicted octanol–water partition coefficient (Wildman–Crippen LogP) is 3.32. The van der Waals surface area contributed by atoms with Crippen LogP contribution in [0.5, 0.6) is 0 Å². The zero-order valence-electron chi connectivity index (χ0n) is 13.9. The Bertz CT molecular complexity index is 410. The Kier molecular flexibility index (Phi) is 6.71. The third-order valence-electron chi connectivity index (χ3n) is 4.43. The fourth-order valence-electron chi connectivity index (χ4n) is 3.14. The lowest BCUT2D eigenvalue weighted by Gasteiger charge is -2.27. The molecule has 2 rings (SSSR count). The summed E-state index contributed by atoms with van der Waals surface area (Å²) in [7, 11) is 0. The molecule has 1 aromatic rings. The minimum atomic E-state index is 0.431. The van der Waals surface area contributed by atoms with E-state index in [1.165, 1.54) is 37.1 Å². The van der Waals surface area contributed by atoms with Crippen LogP contribution in [0, 0.1) is 5.92 Å². The fourth-order valence-corrected chi connectivity index (χ4v) is 3.14. The molecule has 1 fully saturated rings. The van der Waals surface area contributed by atoms with Gasteiger partial charge in [0, 0.05) is 25.8 Å². The summed E-state index contributed by atoms with van der Waals surface area (Å²) >= 11 is 0. The molecule has 0 bridgehead atoms. The average Bonchev–Trinajstić information content (AvgIpc) is 2.95. The van der Waals surface area contributed by atoms with Gasteiger partial charge in [0.25, 0.3) is 0 Å². The van der Waals surface area contributed by atoms with Crippen molar-refractivity contribution in [2.45, 2.75) is 65.5 Å². The maximum absolute atomic E-state index is 5.50. The van der Waals surface area contributed by atoms with Crippen molar-refractivity contribution in [3.8, 4) is 0 Å². The monoisotopic (exact) mass is 293 g/mol. The van der Waals surface area contributed by atoms with Crippen LogP contribution in [-0.2, 0) is 17.7 Å². The minimum absolute atomic E-state index is 0.431. The van der Waals surface area contributed by atoms with Gasteiger partial charge in [0.15, 0.2) is 0 Å². The normalized spacial score (nSPS) is 18.0. The Morgan fingerprint density at radius 2 is 2.10 bits per heavy atom. The number of ether oxygens (including phenoxy) is 1. The van der Waals surface area contributed by atoms with Crippen molar-refractivity contribution in [2.24, 2.45) is 5.92 Å². The first-order chi connectivity index (χ1) is 10.3. The summed E-state index contributed by atoms with van der Waals surface area (Å²) in [4.78, 5) is 0. The number of hydrogen-bond donors (Lipinski definition) is 1. The second-order valence-corrected chi connectivity index (χ2v) is 6.03. The zero-order valence-corrected chi connectivity index (χ0v) is 13.9. The van der Waals surface area contributed by atoms with Crippen molar-refractivity contribution < 1.29 is 4.74 Å². The highest BCUT2D eigenvalue weighted by Gasteiger charge is 2.23. The lowest BCUT2D eigenvalue weighted by molar-refractivity contribution is 0.0602. The molecule has 0 spiro atoms. The molecule has 0 aromatic carbocycles. The van der Waals surface area contributed by atoms with Gasteiger partial charge in [0.2, 0.25) is 0 Å². The van der Waals surface area contributed by atoms with Gasteiger partial charge in [-0.25, -0.2) is 0 Å². The highest BCUT2D eigenvalue weighted by Crippen LogP contribution is 2.28. The van der Waals surface area contributed by atoms with E-state index in [9.17, 15) is 0 Å². The Labute approximate surface area is 129 Å². The Hall–Kier alpha value is -0.870. The third-order valence-corrected chi connectivity index (χ3v) is 4.43. The average molecular weight is 293 g/mol. The highest BCUT2D eigenvalue weighted by molar-refractivity contribution is 5.15. The van der Waals surface area contributed by atoms with Crippen LogP contribution in [-0.4, -0.2) is 29.5 Å². The van der Waals surface area contributed by atoms with Gasteiger partial charge in [-0.2, -0.15) is 5.10 Å². The van der Waals surface area contributed by atoms with Crippen LogP contribution < -0.4 is 5.32 Å². The van der Waals surface area contributed by atoms with E-state index in [-0.39, 0.29) is 0 Å². The highest BCUT2D eigenvalue weighted by atomic mass is 16.5. The van der Waals surface area contributed by atoms with E-state index in [4.69, 9.17) is 9.84 Å². The van der Waals surface area contributed by atoms with Crippen LogP contribution in [0.2, 0.25) is 0 Å². The number of nitrogens with one attached hydrogen (secondary N) is 1.